The summed E-state index contributed by atoms with van der Waals surface area (Å²) in [5.74, 6) is 5.31. The number of nitrogens with zero attached hydrogens (tertiary/aromatic N) is 1. The molecular formula is C11H9NO4. The zero-order valence-corrected chi connectivity index (χ0v) is 8.34. The molecule has 0 aliphatic rings. The topological polar surface area (TPSA) is 80.4 Å². The summed E-state index contributed by atoms with van der Waals surface area (Å²) >= 11 is 0. The van der Waals surface area contributed by atoms with E-state index in [-0.39, 0.29) is 17.9 Å². The normalized spacial score (nSPS) is 9.06. The number of aliphatic hydroxyl groups excluding tert-OH is 1. The first-order valence-electron chi connectivity index (χ1n) is 4.52. The van der Waals surface area contributed by atoms with Crippen LogP contribution in [0.25, 0.3) is 0 Å². The van der Waals surface area contributed by atoms with Crippen molar-refractivity contribution in [2.75, 3.05) is 6.61 Å². The second-order valence-electron chi connectivity index (χ2n) is 2.92. The second kappa shape index (κ2) is 5.63. The van der Waals surface area contributed by atoms with Gasteiger partial charge in [-0.05, 0) is 6.07 Å². The lowest BCUT2D eigenvalue weighted by Gasteiger charge is -1.96. The van der Waals surface area contributed by atoms with Crippen LogP contribution in [0.4, 0.5) is 5.69 Å². The minimum absolute atomic E-state index is 0.0591. The third-order valence-corrected chi connectivity index (χ3v) is 1.83. The molecule has 0 saturated heterocycles. The molecule has 1 aromatic carbocycles. The van der Waals surface area contributed by atoms with Crippen molar-refractivity contribution < 1.29 is 14.8 Å². The quantitative estimate of drug-likeness (QED) is 0.358. The Morgan fingerprint density at radius 2 is 2.25 bits per heavy atom. The molecule has 0 spiro atoms. The Balaban J connectivity index is 3.08. The number of aldehydes is 1. The van der Waals surface area contributed by atoms with Crippen LogP contribution in [-0.2, 0) is 0 Å². The molecule has 0 saturated carbocycles. The number of hydrogen-bond donors (Lipinski definition) is 1. The van der Waals surface area contributed by atoms with Gasteiger partial charge in [0.25, 0.3) is 5.69 Å². The monoisotopic (exact) mass is 219 g/mol. The number of nitro benzene ring substituents is 1. The summed E-state index contributed by atoms with van der Waals surface area (Å²) in [4.78, 5) is 20.6. The van der Waals surface area contributed by atoms with Crippen molar-refractivity contribution in [1.29, 1.82) is 0 Å². The Kier molecular flexibility index (Phi) is 4.18. The highest BCUT2D eigenvalue weighted by Gasteiger charge is 2.08. The predicted octanol–water partition coefficient (Wildman–Crippen LogP) is 1.14. The zero-order valence-electron chi connectivity index (χ0n) is 8.34. The number of benzene rings is 1. The van der Waals surface area contributed by atoms with Crippen LogP contribution in [0.5, 0.6) is 0 Å². The van der Waals surface area contributed by atoms with Gasteiger partial charge in [0.15, 0.2) is 6.29 Å². The average molecular weight is 219 g/mol. The third-order valence-electron chi connectivity index (χ3n) is 1.83. The standard InChI is InChI=1S/C11H9NO4/c13-6-2-1-3-9-4-5-11(12(15)16)7-10(9)8-14/h4-5,7-8,13H,2,6H2. The van der Waals surface area contributed by atoms with Crippen molar-refractivity contribution in [2.24, 2.45) is 0 Å². The molecule has 5 nitrogen and oxygen atoms in total. The fourth-order valence-electron chi connectivity index (χ4n) is 1.09. The van der Waals surface area contributed by atoms with Gasteiger partial charge in [0.2, 0.25) is 0 Å². The van der Waals surface area contributed by atoms with Crippen molar-refractivity contribution in [3.8, 4) is 11.8 Å². The van der Waals surface area contributed by atoms with E-state index in [9.17, 15) is 14.9 Å². The molecule has 0 aromatic heterocycles. The maximum Gasteiger partial charge on any atom is 0.270 e. The summed E-state index contributed by atoms with van der Waals surface area (Å²) in [6, 6.07) is 3.89. The van der Waals surface area contributed by atoms with Crippen LogP contribution in [0.3, 0.4) is 0 Å². The highest BCUT2D eigenvalue weighted by Crippen LogP contribution is 2.15. The van der Waals surface area contributed by atoms with Crippen LogP contribution >= 0.6 is 0 Å². The number of hydrogen-bond acceptors (Lipinski definition) is 4. The van der Waals surface area contributed by atoms with E-state index >= 15 is 0 Å². The number of nitro groups is 1. The molecule has 0 unspecified atom stereocenters. The van der Waals surface area contributed by atoms with Gasteiger partial charge in [0.05, 0.1) is 11.5 Å². The van der Waals surface area contributed by atoms with Gasteiger partial charge in [0.1, 0.15) is 0 Å². The molecule has 0 aliphatic heterocycles. The molecule has 5 heteroatoms. The number of carbonyl (C=O) groups is 1. The van der Waals surface area contributed by atoms with Crippen LogP contribution in [0.15, 0.2) is 18.2 Å². The van der Waals surface area contributed by atoms with Crippen LogP contribution in [-0.4, -0.2) is 22.9 Å². The molecular weight excluding hydrogens is 210 g/mol. The smallest absolute Gasteiger partial charge is 0.270 e. The van der Waals surface area contributed by atoms with Crippen molar-refractivity contribution in [3.05, 3.63) is 39.4 Å². The van der Waals surface area contributed by atoms with Crippen molar-refractivity contribution in [3.63, 3.8) is 0 Å². The minimum atomic E-state index is -0.571. The Bertz CT molecular complexity index is 471. The van der Waals surface area contributed by atoms with Crippen LogP contribution in [0.2, 0.25) is 0 Å². The summed E-state index contributed by atoms with van der Waals surface area (Å²) in [6.45, 7) is -0.0591. The van der Waals surface area contributed by atoms with E-state index in [0.29, 0.717) is 18.3 Å². The molecule has 0 bridgehead atoms. The Hall–Kier alpha value is -2.19. The van der Waals surface area contributed by atoms with Gasteiger partial charge in [-0.1, -0.05) is 11.8 Å². The number of rotatable bonds is 3. The summed E-state index contributed by atoms with van der Waals surface area (Å²) in [6.07, 6.45) is 0.825. The molecule has 0 aliphatic carbocycles. The summed E-state index contributed by atoms with van der Waals surface area (Å²) < 4.78 is 0. The maximum atomic E-state index is 10.7. The lowest BCUT2D eigenvalue weighted by atomic mass is 10.1. The molecule has 16 heavy (non-hydrogen) atoms. The molecule has 82 valence electrons. The van der Waals surface area contributed by atoms with Crippen LogP contribution in [0, 0.1) is 22.0 Å². The van der Waals surface area contributed by atoms with E-state index < -0.39 is 4.92 Å². The fourth-order valence-corrected chi connectivity index (χ4v) is 1.09. The molecule has 1 N–H and O–H groups in total. The van der Waals surface area contributed by atoms with E-state index in [1.54, 1.807) is 0 Å². The van der Waals surface area contributed by atoms with Crippen LogP contribution < -0.4 is 0 Å². The molecule has 0 radical (unpaired) electrons. The molecule has 1 rings (SSSR count). The van der Waals surface area contributed by atoms with Gasteiger partial charge in [0, 0.05) is 29.7 Å². The highest BCUT2D eigenvalue weighted by molar-refractivity contribution is 5.80. The van der Waals surface area contributed by atoms with E-state index in [1.807, 2.05) is 0 Å². The maximum absolute atomic E-state index is 10.7. The van der Waals surface area contributed by atoms with Gasteiger partial charge < -0.3 is 5.11 Å². The molecule has 0 atom stereocenters. The van der Waals surface area contributed by atoms with Crippen molar-refractivity contribution in [1.82, 2.24) is 0 Å². The van der Waals surface area contributed by atoms with Gasteiger partial charge in [-0.3, -0.25) is 14.9 Å². The summed E-state index contributed by atoms with van der Waals surface area (Å²) in [5, 5.41) is 19.0. The largest absolute Gasteiger partial charge is 0.395 e. The first kappa shape index (κ1) is 11.9. The van der Waals surface area contributed by atoms with Gasteiger partial charge in [-0.15, -0.1) is 0 Å². The van der Waals surface area contributed by atoms with E-state index in [0.717, 1.165) is 0 Å². The lowest BCUT2D eigenvalue weighted by Crippen LogP contribution is -1.93. The number of carbonyl (C=O) groups excluding carboxylic acids is 1. The van der Waals surface area contributed by atoms with Crippen molar-refractivity contribution >= 4 is 12.0 Å². The number of non-ortho nitro benzene ring substituents is 1. The average Bonchev–Trinajstić information content (AvgIpc) is 2.29. The SMILES string of the molecule is O=Cc1cc([N+](=O)[O-])ccc1C#CCCO. The van der Waals surface area contributed by atoms with E-state index in [1.165, 1.54) is 18.2 Å². The predicted molar refractivity (Wildman–Crippen MR) is 57.1 cm³/mol. The zero-order chi connectivity index (χ0) is 12.0. The van der Waals surface area contributed by atoms with Gasteiger partial charge >= 0.3 is 0 Å². The van der Waals surface area contributed by atoms with E-state index in [2.05, 4.69) is 11.8 Å². The van der Waals surface area contributed by atoms with Gasteiger partial charge in [-0.25, -0.2) is 0 Å². The minimum Gasteiger partial charge on any atom is -0.395 e. The lowest BCUT2D eigenvalue weighted by molar-refractivity contribution is -0.384. The van der Waals surface area contributed by atoms with E-state index in [4.69, 9.17) is 5.11 Å². The second-order valence-corrected chi connectivity index (χ2v) is 2.92. The highest BCUT2D eigenvalue weighted by atomic mass is 16.6. The van der Waals surface area contributed by atoms with Gasteiger partial charge in [-0.2, -0.15) is 0 Å². The number of aliphatic hydroxyl groups is 1. The molecule has 0 fully saturated rings. The molecule has 1 aromatic rings. The molecule has 0 heterocycles. The summed E-state index contributed by atoms with van der Waals surface area (Å²) in [7, 11) is 0. The first-order chi connectivity index (χ1) is 7.69. The Morgan fingerprint density at radius 3 is 2.81 bits per heavy atom. The first-order valence-corrected chi connectivity index (χ1v) is 4.52. The summed E-state index contributed by atoms with van der Waals surface area (Å²) in [5.41, 5.74) is 0.462. The fraction of sp³-hybridized carbons (Fsp3) is 0.182. The van der Waals surface area contributed by atoms with Crippen LogP contribution in [0.1, 0.15) is 22.3 Å². The van der Waals surface area contributed by atoms with Crippen molar-refractivity contribution in [2.45, 2.75) is 6.42 Å². The Labute approximate surface area is 91.9 Å². The molecule has 0 amide bonds. The Morgan fingerprint density at radius 1 is 1.50 bits per heavy atom. The third kappa shape index (κ3) is 2.90.